The molecule has 0 aliphatic rings. The van der Waals surface area contributed by atoms with E-state index in [1.54, 1.807) is 0 Å². The van der Waals surface area contributed by atoms with Gasteiger partial charge in [0.05, 0.1) is 10.4 Å². The van der Waals surface area contributed by atoms with Gasteiger partial charge in [-0.3, -0.25) is 0 Å². The molecule has 0 saturated carbocycles. The van der Waals surface area contributed by atoms with E-state index in [4.69, 9.17) is 0 Å². The maximum absolute atomic E-state index is 2.42. The van der Waals surface area contributed by atoms with E-state index in [0.29, 0.717) is 0 Å². The largest absolute Gasteiger partial charge is 0.309 e. The second-order valence-electron chi connectivity index (χ2n) is 12.2. The third kappa shape index (κ3) is 5.13. The minimum atomic E-state index is 1.13. The first kappa shape index (κ1) is 28.3. The summed E-state index contributed by atoms with van der Waals surface area (Å²) >= 11 is 1.87. The van der Waals surface area contributed by atoms with Gasteiger partial charge < -0.3 is 4.90 Å². The summed E-state index contributed by atoms with van der Waals surface area (Å²) in [5.41, 5.74) is 10.7. The molecule has 0 fully saturated rings. The van der Waals surface area contributed by atoms with Crippen molar-refractivity contribution in [3.8, 4) is 33.4 Å². The van der Waals surface area contributed by atoms with Gasteiger partial charge in [-0.05, 0) is 92.7 Å². The number of para-hydroxylation sites is 1. The molecule has 9 rings (SSSR count). The molecule has 0 aliphatic carbocycles. The van der Waals surface area contributed by atoms with Gasteiger partial charge in [0.1, 0.15) is 0 Å². The number of rotatable bonds is 6. The van der Waals surface area contributed by atoms with Gasteiger partial charge in [-0.25, -0.2) is 0 Å². The Morgan fingerprint density at radius 1 is 0.333 bits per heavy atom. The van der Waals surface area contributed by atoms with Crippen LogP contribution in [0.5, 0.6) is 0 Å². The first-order valence-corrected chi connectivity index (χ1v) is 17.2. The number of thiophene rings is 1. The first-order chi connectivity index (χ1) is 23.8. The van der Waals surface area contributed by atoms with E-state index in [9.17, 15) is 0 Å². The Morgan fingerprint density at radius 3 is 1.60 bits per heavy atom. The second kappa shape index (κ2) is 12.0. The molecule has 48 heavy (non-hydrogen) atoms. The summed E-state index contributed by atoms with van der Waals surface area (Å²) in [5, 5.41) is 5.08. The molecule has 0 unspecified atom stereocenters. The summed E-state index contributed by atoms with van der Waals surface area (Å²) in [4.78, 5) is 2.42. The molecule has 1 heterocycles. The molecule has 9 aromatic rings. The van der Waals surface area contributed by atoms with Crippen molar-refractivity contribution in [1.29, 1.82) is 0 Å². The minimum Gasteiger partial charge on any atom is -0.309 e. The first-order valence-electron chi connectivity index (χ1n) is 16.3. The van der Waals surface area contributed by atoms with Gasteiger partial charge in [0.25, 0.3) is 0 Å². The van der Waals surface area contributed by atoms with Crippen LogP contribution in [0.25, 0.3) is 64.3 Å². The van der Waals surface area contributed by atoms with Crippen LogP contribution in [-0.4, -0.2) is 0 Å². The van der Waals surface area contributed by atoms with E-state index in [-0.39, 0.29) is 0 Å². The third-order valence-corrected chi connectivity index (χ3v) is 10.5. The van der Waals surface area contributed by atoms with Crippen molar-refractivity contribution in [3.63, 3.8) is 0 Å². The number of hydrogen-bond donors (Lipinski definition) is 0. The summed E-state index contributed by atoms with van der Waals surface area (Å²) in [5.74, 6) is 0. The van der Waals surface area contributed by atoms with Gasteiger partial charge >= 0.3 is 0 Å². The predicted molar refractivity (Wildman–Crippen MR) is 208 cm³/mol. The lowest BCUT2D eigenvalue weighted by molar-refractivity contribution is 1.30. The standard InChI is InChI=1S/C46H31NS/c1-3-11-32(12-4-1)34-19-21-35(22-20-34)36-25-27-41(28-26-36)47(40-15-5-2-6-16-40)44-31-39(38-24-23-33-13-7-8-14-37(33)29-38)30-43-42-17-9-10-18-45(42)48-46(43)44/h1-31H. The highest BCUT2D eigenvalue weighted by molar-refractivity contribution is 7.26. The predicted octanol–water partition coefficient (Wildman–Crippen LogP) is 13.7. The van der Waals surface area contributed by atoms with Crippen molar-refractivity contribution < 1.29 is 0 Å². The molecule has 0 bridgehead atoms. The monoisotopic (exact) mass is 629 g/mol. The Bertz CT molecular complexity index is 2530. The van der Waals surface area contributed by atoms with E-state index in [1.165, 1.54) is 70.0 Å². The van der Waals surface area contributed by atoms with Crippen LogP contribution >= 0.6 is 11.3 Å². The number of nitrogens with zero attached hydrogens (tertiary/aromatic N) is 1. The van der Waals surface area contributed by atoms with E-state index in [2.05, 4.69) is 193 Å². The van der Waals surface area contributed by atoms with Crippen LogP contribution in [0.3, 0.4) is 0 Å². The highest BCUT2D eigenvalue weighted by Crippen LogP contribution is 2.47. The zero-order valence-electron chi connectivity index (χ0n) is 26.3. The van der Waals surface area contributed by atoms with Crippen LogP contribution in [-0.2, 0) is 0 Å². The topological polar surface area (TPSA) is 3.24 Å². The molecule has 0 atom stereocenters. The molecule has 2 heteroatoms. The molecular weight excluding hydrogens is 599 g/mol. The highest BCUT2D eigenvalue weighted by Gasteiger charge is 2.20. The molecule has 0 amide bonds. The Balaban J connectivity index is 1.19. The van der Waals surface area contributed by atoms with Crippen molar-refractivity contribution >= 4 is 59.3 Å². The minimum absolute atomic E-state index is 1.13. The summed E-state index contributed by atoms with van der Waals surface area (Å²) in [6.07, 6.45) is 0. The summed E-state index contributed by atoms with van der Waals surface area (Å²) in [6.45, 7) is 0. The fraction of sp³-hybridized carbons (Fsp3) is 0. The number of anilines is 3. The van der Waals surface area contributed by atoms with Crippen molar-refractivity contribution in [2.45, 2.75) is 0 Å². The zero-order chi connectivity index (χ0) is 31.9. The molecule has 1 aromatic heterocycles. The lowest BCUT2D eigenvalue weighted by Crippen LogP contribution is -2.10. The lowest BCUT2D eigenvalue weighted by Gasteiger charge is -2.27. The van der Waals surface area contributed by atoms with Gasteiger partial charge in [-0.15, -0.1) is 11.3 Å². The smallest absolute Gasteiger partial charge is 0.0646 e. The fourth-order valence-corrected chi connectivity index (χ4v) is 7.99. The summed E-state index contributed by atoms with van der Waals surface area (Å²) < 4.78 is 2.58. The SMILES string of the molecule is c1ccc(-c2ccc(-c3ccc(N(c4ccccc4)c4cc(-c5ccc6ccccc6c5)cc5c4sc4ccccc45)cc3)cc2)cc1. The Labute approximate surface area is 284 Å². The normalized spacial score (nSPS) is 11.3. The van der Waals surface area contributed by atoms with Crippen molar-refractivity contribution in [3.05, 3.63) is 188 Å². The molecule has 226 valence electrons. The van der Waals surface area contributed by atoms with Gasteiger partial charge in [0.2, 0.25) is 0 Å². The van der Waals surface area contributed by atoms with E-state index in [0.717, 1.165) is 11.4 Å². The molecular formula is C46H31NS. The van der Waals surface area contributed by atoms with Crippen LogP contribution < -0.4 is 4.90 Å². The van der Waals surface area contributed by atoms with Gasteiger partial charge in [-0.1, -0.05) is 140 Å². The second-order valence-corrected chi connectivity index (χ2v) is 13.2. The van der Waals surface area contributed by atoms with Gasteiger partial charge in [0.15, 0.2) is 0 Å². The van der Waals surface area contributed by atoms with E-state index in [1.807, 2.05) is 11.3 Å². The maximum Gasteiger partial charge on any atom is 0.0646 e. The molecule has 0 spiro atoms. The Morgan fingerprint density at radius 2 is 0.875 bits per heavy atom. The Kier molecular flexibility index (Phi) is 7.07. The number of fused-ring (bicyclic) bond motifs is 4. The Hall–Kier alpha value is -5.96. The quantitative estimate of drug-likeness (QED) is 0.177. The molecule has 0 saturated heterocycles. The zero-order valence-corrected chi connectivity index (χ0v) is 27.1. The number of benzene rings is 8. The van der Waals surface area contributed by atoms with E-state index < -0.39 is 0 Å². The lowest BCUT2D eigenvalue weighted by atomic mass is 9.98. The molecule has 0 N–H and O–H groups in total. The summed E-state index contributed by atoms with van der Waals surface area (Å²) in [7, 11) is 0. The van der Waals surface area contributed by atoms with Gasteiger partial charge in [-0.2, -0.15) is 0 Å². The van der Waals surface area contributed by atoms with Crippen LogP contribution in [0.15, 0.2) is 188 Å². The van der Waals surface area contributed by atoms with Crippen LogP contribution in [0.1, 0.15) is 0 Å². The average Bonchev–Trinajstić information content (AvgIpc) is 3.55. The van der Waals surface area contributed by atoms with Crippen LogP contribution in [0.4, 0.5) is 17.1 Å². The third-order valence-electron chi connectivity index (χ3n) is 9.25. The average molecular weight is 630 g/mol. The number of hydrogen-bond acceptors (Lipinski definition) is 2. The maximum atomic E-state index is 2.42. The van der Waals surface area contributed by atoms with Crippen LogP contribution in [0, 0.1) is 0 Å². The van der Waals surface area contributed by atoms with Crippen molar-refractivity contribution in [1.82, 2.24) is 0 Å². The van der Waals surface area contributed by atoms with Gasteiger partial charge in [0, 0.05) is 26.8 Å². The molecule has 1 nitrogen and oxygen atoms in total. The van der Waals surface area contributed by atoms with Crippen molar-refractivity contribution in [2.24, 2.45) is 0 Å². The summed E-state index contributed by atoms with van der Waals surface area (Å²) in [6, 6.07) is 68.1. The fourth-order valence-electron chi connectivity index (χ4n) is 6.80. The van der Waals surface area contributed by atoms with Crippen molar-refractivity contribution in [2.75, 3.05) is 4.90 Å². The highest BCUT2D eigenvalue weighted by atomic mass is 32.1. The molecule has 8 aromatic carbocycles. The molecule has 0 aliphatic heterocycles. The molecule has 0 radical (unpaired) electrons. The van der Waals surface area contributed by atoms with Crippen LogP contribution in [0.2, 0.25) is 0 Å². The van der Waals surface area contributed by atoms with E-state index >= 15 is 0 Å².